The van der Waals surface area contributed by atoms with E-state index in [1.807, 2.05) is 0 Å². The summed E-state index contributed by atoms with van der Waals surface area (Å²) >= 11 is 0. The third-order valence-electron chi connectivity index (χ3n) is 2.11. The van der Waals surface area contributed by atoms with Gasteiger partial charge in [0.25, 0.3) is 0 Å². The van der Waals surface area contributed by atoms with E-state index in [1.54, 1.807) is 6.92 Å². The van der Waals surface area contributed by atoms with Gasteiger partial charge in [0, 0.05) is 0 Å². The van der Waals surface area contributed by atoms with E-state index >= 15 is 0 Å². The van der Waals surface area contributed by atoms with Gasteiger partial charge in [-0.15, -0.1) is 13.2 Å². The molecule has 1 heterocycles. The molecule has 0 aliphatic rings. The first-order chi connectivity index (χ1) is 9.39. The molecule has 0 amide bonds. The molecule has 2 aromatic rings. The number of ether oxygens (including phenoxy) is 2. The molecule has 0 spiro atoms. The number of halogens is 3. The van der Waals surface area contributed by atoms with Gasteiger partial charge < -0.3 is 13.9 Å². The van der Waals surface area contributed by atoms with Gasteiger partial charge in [-0.25, -0.2) is 4.79 Å². The van der Waals surface area contributed by atoms with Gasteiger partial charge >= 0.3 is 18.2 Å². The molecule has 108 valence electrons. The second-order valence-electron chi connectivity index (χ2n) is 3.52. The quantitative estimate of drug-likeness (QED) is 0.863. The van der Waals surface area contributed by atoms with Gasteiger partial charge in [-0.05, 0) is 31.2 Å². The van der Waals surface area contributed by atoms with Crippen molar-refractivity contribution in [1.82, 2.24) is 9.78 Å². The van der Waals surface area contributed by atoms with Crippen molar-refractivity contribution < 1.29 is 27.1 Å². The van der Waals surface area contributed by atoms with Crippen LogP contribution in [-0.4, -0.2) is 22.7 Å². The molecule has 2 rings (SSSR count). The normalized spacial score (nSPS) is 11.4. The molecule has 0 aliphatic heterocycles. The zero-order chi connectivity index (χ0) is 14.8. The number of rotatable bonds is 4. The van der Waals surface area contributed by atoms with Gasteiger partial charge in [0.05, 0.1) is 12.3 Å². The van der Waals surface area contributed by atoms with Crippen LogP contribution in [0.5, 0.6) is 11.8 Å². The van der Waals surface area contributed by atoms with Gasteiger partial charge in [-0.3, -0.25) is 0 Å². The lowest BCUT2D eigenvalue weighted by Gasteiger charge is -2.08. The van der Waals surface area contributed by atoms with Crippen molar-refractivity contribution in [3.8, 4) is 17.5 Å². The lowest BCUT2D eigenvalue weighted by atomic mass is 10.3. The van der Waals surface area contributed by atoms with Crippen LogP contribution in [0.2, 0.25) is 0 Å². The van der Waals surface area contributed by atoms with Crippen molar-refractivity contribution in [1.29, 1.82) is 0 Å². The standard InChI is InChI=1S/C11H9F3N2O4/c1-2-18-9-15-16(10(17)19-9)7-3-5-8(6-4-7)20-11(12,13)14/h3-6H,2H2,1H3. The third kappa shape index (κ3) is 3.31. The Morgan fingerprint density at radius 2 is 1.95 bits per heavy atom. The summed E-state index contributed by atoms with van der Waals surface area (Å²) in [6.45, 7) is 1.95. The van der Waals surface area contributed by atoms with Crippen LogP contribution in [0.4, 0.5) is 13.2 Å². The zero-order valence-corrected chi connectivity index (χ0v) is 10.2. The molecule has 1 aromatic heterocycles. The molecule has 20 heavy (non-hydrogen) atoms. The van der Waals surface area contributed by atoms with Crippen molar-refractivity contribution in [3.05, 3.63) is 34.8 Å². The smallest absolute Gasteiger partial charge is 0.449 e. The number of alkyl halides is 3. The average Bonchev–Trinajstić information content (AvgIpc) is 2.70. The van der Waals surface area contributed by atoms with Crippen molar-refractivity contribution in [2.75, 3.05) is 6.61 Å². The Morgan fingerprint density at radius 3 is 2.50 bits per heavy atom. The lowest BCUT2D eigenvalue weighted by molar-refractivity contribution is -0.274. The van der Waals surface area contributed by atoms with Crippen LogP contribution in [0.3, 0.4) is 0 Å². The van der Waals surface area contributed by atoms with Crippen molar-refractivity contribution in [3.63, 3.8) is 0 Å². The van der Waals surface area contributed by atoms with Crippen LogP contribution in [0.1, 0.15) is 6.92 Å². The maximum Gasteiger partial charge on any atom is 0.573 e. The first-order valence-electron chi connectivity index (χ1n) is 5.48. The Balaban J connectivity index is 2.24. The predicted molar refractivity (Wildman–Crippen MR) is 60.0 cm³/mol. The molecule has 6 nitrogen and oxygen atoms in total. The monoisotopic (exact) mass is 290 g/mol. The summed E-state index contributed by atoms with van der Waals surface area (Å²) < 4.78 is 50.2. The van der Waals surface area contributed by atoms with E-state index in [1.165, 1.54) is 12.1 Å². The fourth-order valence-electron chi connectivity index (χ4n) is 1.39. The lowest BCUT2D eigenvalue weighted by Crippen LogP contribution is -2.17. The van der Waals surface area contributed by atoms with E-state index < -0.39 is 17.9 Å². The zero-order valence-electron chi connectivity index (χ0n) is 10.2. The predicted octanol–water partition coefficient (Wildman–Crippen LogP) is 2.12. The highest BCUT2D eigenvalue weighted by atomic mass is 19.4. The van der Waals surface area contributed by atoms with Crippen LogP contribution >= 0.6 is 0 Å². The molecular formula is C11H9F3N2O4. The molecule has 9 heteroatoms. The summed E-state index contributed by atoms with van der Waals surface area (Å²) in [5, 5.41) is 3.73. The molecule has 1 aromatic carbocycles. The van der Waals surface area contributed by atoms with Crippen LogP contribution in [0, 0.1) is 0 Å². The van der Waals surface area contributed by atoms with Gasteiger partial charge in [0.2, 0.25) is 0 Å². The Bertz CT molecular complexity index is 630. The Kier molecular flexibility index (Phi) is 3.68. The number of hydrogen-bond acceptors (Lipinski definition) is 5. The molecule has 0 radical (unpaired) electrons. The van der Waals surface area contributed by atoms with Crippen LogP contribution in [0.25, 0.3) is 5.69 Å². The molecular weight excluding hydrogens is 281 g/mol. The van der Waals surface area contributed by atoms with Crippen molar-refractivity contribution in [2.45, 2.75) is 13.3 Å². The van der Waals surface area contributed by atoms with Gasteiger partial charge in [-0.1, -0.05) is 5.10 Å². The largest absolute Gasteiger partial charge is 0.573 e. The van der Waals surface area contributed by atoms with Crippen LogP contribution in [0.15, 0.2) is 33.5 Å². The Labute approximate surface area is 110 Å². The maximum atomic E-state index is 12.0. The summed E-state index contributed by atoms with van der Waals surface area (Å²) in [4.78, 5) is 11.5. The molecule has 0 N–H and O–H groups in total. The van der Waals surface area contributed by atoms with E-state index in [0.29, 0.717) is 0 Å². The molecule has 0 aliphatic carbocycles. The minimum absolute atomic E-state index is 0.215. The Hall–Kier alpha value is -2.45. The second kappa shape index (κ2) is 5.27. The van der Waals surface area contributed by atoms with Crippen molar-refractivity contribution in [2.24, 2.45) is 0 Å². The third-order valence-corrected chi connectivity index (χ3v) is 2.11. The SMILES string of the molecule is CCOc1nn(-c2ccc(OC(F)(F)F)cc2)c(=O)o1. The van der Waals surface area contributed by atoms with E-state index in [2.05, 4.69) is 14.3 Å². The summed E-state index contributed by atoms with van der Waals surface area (Å²) in [7, 11) is 0. The number of nitrogens with zero attached hydrogens (tertiary/aromatic N) is 2. The first-order valence-corrected chi connectivity index (χ1v) is 5.48. The van der Waals surface area contributed by atoms with Gasteiger partial charge in [0.1, 0.15) is 5.75 Å². The second-order valence-corrected chi connectivity index (χ2v) is 3.52. The van der Waals surface area contributed by atoms with Crippen molar-refractivity contribution >= 4 is 0 Å². The van der Waals surface area contributed by atoms with Gasteiger partial charge in [0.15, 0.2) is 0 Å². The maximum absolute atomic E-state index is 12.0. The Morgan fingerprint density at radius 1 is 1.30 bits per heavy atom. The molecule has 0 unspecified atom stereocenters. The summed E-state index contributed by atoms with van der Waals surface area (Å²) in [6.07, 6.45) is -4.98. The van der Waals surface area contributed by atoms with Crippen LogP contribution in [-0.2, 0) is 0 Å². The van der Waals surface area contributed by atoms with Crippen LogP contribution < -0.4 is 15.2 Å². The molecule has 0 fully saturated rings. The number of aromatic nitrogens is 2. The highest BCUT2D eigenvalue weighted by Gasteiger charge is 2.31. The molecule has 0 bridgehead atoms. The number of benzene rings is 1. The molecule has 0 atom stereocenters. The summed E-state index contributed by atoms with van der Waals surface area (Å²) in [5.41, 5.74) is 0.222. The number of hydrogen-bond donors (Lipinski definition) is 0. The average molecular weight is 290 g/mol. The van der Waals surface area contributed by atoms with E-state index in [-0.39, 0.29) is 18.4 Å². The highest BCUT2D eigenvalue weighted by molar-refractivity contribution is 5.36. The topological polar surface area (TPSA) is 66.5 Å². The van der Waals surface area contributed by atoms with Gasteiger partial charge in [-0.2, -0.15) is 4.68 Å². The highest BCUT2D eigenvalue weighted by Crippen LogP contribution is 2.23. The molecule has 0 saturated heterocycles. The minimum atomic E-state index is -4.77. The van der Waals surface area contributed by atoms with E-state index in [0.717, 1.165) is 16.8 Å². The molecule has 0 saturated carbocycles. The fourth-order valence-corrected chi connectivity index (χ4v) is 1.39. The summed E-state index contributed by atoms with van der Waals surface area (Å²) in [6, 6.07) is 4.59. The fraction of sp³-hybridized carbons (Fsp3) is 0.273. The van der Waals surface area contributed by atoms with E-state index in [4.69, 9.17) is 4.74 Å². The minimum Gasteiger partial charge on any atom is -0.449 e. The first kappa shape index (κ1) is 14.0. The summed E-state index contributed by atoms with van der Waals surface area (Å²) in [5.74, 6) is -1.21. The van der Waals surface area contributed by atoms with E-state index in [9.17, 15) is 18.0 Å².